The van der Waals surface area contributed by atoms with Crippen molar-refractivity contribution < 1.29 is 4.65 Å². The van der Waals surface area contributed by atoms with Crippen molar-refractivity contribution in [2.45, 2.75) is 12.8 Å². The minimum absolute atomic E-state index is 0.115. The van der Waals surface area contributed by atoms with Gasteiger partial charge in [-0.3, -0.25) is 0 Å². The molecular formula is C13H12BClO. The number of hydrogen-bond acceptors (Lipinski definition) is 1. The molecule has 0 N–H and O–H groups in total. The zero-order valence-electron chi connectivity index (χ0n) is 8.95. The SMILES string of the molecule is Clc1ccc(B2OCC3=CCCC=C23)cc1. The van der Waals surface area contributed by atoms with Crippen molar-refractivity contribution in [1.29, 1.82) is 0 Å². The van der Waals surface area contributed by atoms with Gasteiger partial charge in [-0.05, 0) is 41.5 Å². The van der Waals surface area contributed by atoms with Crippen LogP contribution in [-0.2, 0) is 4.65 Å². The third-order valence-electron chi connectivity index (χ3n) is 3.15. The molecule has 1 fully saturated rings. The monoisotopic (exact) mass is 230 g/mol. The van der Waals surface area contributed by atoms with E-state index < -0.39 is 0 Å². The van der Waals surface area contributed by atoms with Crippen LogP contribution in [0.2, 0.25) is 5.02 Å². The lowest BCUT2D eigenvalue weighted by Crippen LogP contribution is -2.31. The highest BCUT2D eigenvalue weighted by Gasteiger charge is 2.33. The normalized spacial score (nSPS) is 19.2. The second kappa shape index (κ2) is 4.12. The van der Waals surface area contributed by atoms with Crippen molar-refractivity contribution in [2.24, 2.45) is 0 Å². The Labute approximate surface area is 101 Å². The van der Waals surface area contributed by atoms with E-state index in [1.54, 1.807) is 0 Å². The van der Waals surface area contributed by atoms with E-state index in [0.717, 1.165) is 24.5 Å². The van der Waals surface area contributed by atoms with Crippen LogP contribution in [0.1, 0.15) is 12.8 Å². The molecule has 1 nitrogen and oxygen atoms in total. The van der Waals surface area contributed by atoms with Crippen molar-refractivity contribution in [1.82, 2.24) is 0 Å². The maximum Gasteiger partial charge on any atom is 0.361 e. The Bertz CT molecular complexity index is 461. The van der Waals surface area contributed by atoms with E-state index in [0.29, 0.717) is 0 Å². The summed E-state index contributed by atoms with van der Waals surface area (Å²) >= 11 is 5.89. The smallest absolute Gasteiger partial charge is 0.361 e. The minimum Gasteiger partial charge on any atom is -0.423 e. The predicted octanol–water partition coefficient (Wildman–Crippen LogP) is 2.75. The molecule has 16 heavy (non-hydrogen) atoms. The van der Waals surface area contributed by atoms with Gasteiger partial charge in [0.25, 0.3) is 0 Å². The van der Waals surface area contributed by atoms with Crippen LogP contribution in [0.15, 0.2) is 47.5 Å². The van der Waals surface area contributed by atoms with E-state index >= 15 is 0 Å². The number of allylic oxidation sites excluding steroid dienone is 2. The van der Waals surface area contributed by atoms with Crippen LogP contribution in [0.3, 0.4) is 0 Å². The van der Waals surface area contributed by atoms with E-state index in [4.69, 9.17) is 16.3 Å². The first-order valence-corrected chi connectivity index (χ1v) is 5.99. The first-order chi connectivity index (χ1) is 7.84. The van der Waals surface area contributed by atoms with Crippen LogP contribution in [0.25, 0.3) is 0 Å². The average molecular weight is 231 g/mol. The molecule has 3 rings (SSSR count). The second-order valence-electron chi connectivity index (χ2n) is 4.21. The summed E-state index contributed by atoms with van der Waals surface area (Å²) in [6.45, 7) is 0.864. The lowest BCUT2D eigenvalue weighted by molar-refractivity contribution is 0.392. The van der Waals surface area contributed by atoms with Crippen LogP contribution in [0, 0.1) is 0 Å². The lowest BCUT2D eigenvalue weighted by Gasteiger charge is -2.10. The molecule has 1 saturated heterocycles. The van der Waals surface area contributed by atoms with Crippen LogP contribution in [-0.4, -0.2) is 13.5 Å². The second-order valence-corrected chi connectivity index (χ2v) is 4.65. The zero-order valence-corrected chi connectivity index (χ0v) is 9.70. The molecule has 1 aromatic carbocycles. The number of fused-ring (bicyclic) bond motifs is 1. The first kappa shape index (κ1) is 10.2. The van der Waals surface area contributed by atoms with Crippen LogP contribution >= 0.6 is 11.6 Å². The molecule has 0 saturated carbocycles. The van der Waals surface area contributed by atoms with Crippen molar-refractivity contribution in [3.8, 4) is 0 Å². The summed E-state index contributed by atoms with van der Waals surface area (Å²) in [5.41, 5.74) is 3.92. The maximum atomic E-state index is 5.89. The maximum absolute atomic E-state index is 5.89. The van der Waals surface area contributed by atoms with E-state index in [2.05, 4.69) is 12.2 Å². The van der Waals surface area contributed by atoms with Crippen molar-refractivity contribution in [2.75, 3.05) is 6.61 Å². The molecule has 0 aromatic heterocycles. The topological polar surface area (TPSA) is 9.23 Å². The molecule has 1 heterocycles. The molecule has 80 valence electrons. The molecule has 2 aliphatic rings. The number of rotatable bonds is 1. The third kappa shape index (κ3) is 1.72. The Kier molecular flexibility index (Phi) is 2.62. The highest BCUT2D eigenvalue weighted by molar-refractivity contribution is 6.76. The van der Waals surface area contributed by atoms with Gasteiger partial charge in [-0.2, -0.15) is 0 Å². The molecule has 0 amide bonds. The highest BCUT2D eigenvalue weighted by atomic mass is 35.5. The van der Waals surface area contributed by atoms with E-state index in [1.807, 2.05) is 24.3 Å². The average Bonchev–Trinajstić information content (AvgIpc) is 2.74. The largest absolute Gasteiger partial charge is 0.423 e. The number of hydrogen-bond donors (Lipinski definition) is 0. The molecule has 0 radical (unpaired) electrons. The molecule has 3 heteroatoms. The molecule has 1 aromatic rings. The van der Waals surface area contributed by atoms with Gasteiger partial charge >= 0.3 is 6.92 Å². The van der Waals surface area contributed by atoms with E-state index in [9.17, 15) is 0 Å². The summed E-state index contributed by atoms with van der Waals surface area (Å²) in [6, 6.07) is 7.94. The Morgan fingerprint density at radius 1 is 1.06 bits per heavy atom. The summed E-state index contributed by atoms with van der Waals surface area (Å²) in [7, 11) is 0. The van der Waals surface area contributed by atoms with Crippen molar-refractivity contribution in [3.05, 3.63) is 52.5 Å². The molecule has 0 spiro atoms. The Balaban J connectivity index is 1.94. The standard InChI is InChI=1S/C13H12BClO/c15-12-7-5-11(6-8-12)14-13-4-2-1-3-10(13)9-16-14/h3-8H,1-2,9H2. The highest BCUT2D eigenvalue weighted by Crippen LogP contribution is 2.27. The first-order valence-electron chi connectivity index (χ1n) is 5.61. The fourth-order valence-corrected chi connectivity index (χ4v) is 2.47. The van der Waals surface area contributed by atoms with Gasteiger partial charge in [-0.1, -0.05) is 35.9 Å². The Morgan fingerprint density at radius 3 is 2.62 bits per heavy atom. The minimum atomic E-state index is 0.115. The lowest BCUT2D eigenvalue weighted by atomic mass is 9.54. The Morgan fingerprint density at radius 2 is 1.81 bits per heavy atom. The van der Waals surface area contributed by atoms with E-state index in [1.165, 1.54) is 16.5 Å². The van der Waals surface area contributed by atoms with Gasteiger partial charge in [-0.15, -0.1) is 0 Å². The number of halogens is 1. The van der Waals surface area contributed by atoms with Crippen LogP contribution in [0.5, 0.6) is 0 Å². The number of benzene rings is 1. The summed E-state index contributed by atoms with van der Waals surface area (Å²) in [6.07, 6.45) is 6.88. The van der Waals surface area contributed by atoms with Gasteiger partial charge in [0.1, 0.15) is 0 Å². The molecule has 1 aliphatic carbocycles. The van der Waals surface area contributed by atoms with Gasteiger partial charge < -0.3 is 4.65 Å². The van der Waals surface area contributed by atoms with Gasteiger partial charge in [0, 0.05) is 5.02 Å². The summed E-state index contributed by atoms with van der Waals surface area (Å²) < 4.78 is 5.85. The summed E-state index contributed by atoms with van der Waals surface area (Å²) in [5.74, 6) is 0. The third-order valence-corrected chi connectivity index (χ3v) is 3.41. The van der Waals surface area contributed by atoms with Gasteiger partial charge in [0.2, 0.25) is 0 Å². The molecule has 0 unspecified atom stereocenters. The zero-order chi connectivity index (χ0) is 11.0. The predicted molar refractivity (Wildman–Crippen MR) is 68.2 cm³/mol. The van der Waals surface area contributed by atoms with Crippen molar-refractivity contribution in [3.63, 3.8) is 0 Å². The van der Waals surface area contributed by atoms with Gasteiger partial charge in [-0.25, -0.2) is 0 Å². The molecule has 1 aliphatic heterocycles. The quantitative estimate of drug-likeness (QED) is 0.674. The Hall–Kier alpha value is -0.985. The molecule has 0 bridgehead atoms. The fraction of sp³-hybridized carbons (Fsp3) is 0.231. The van der Waals surface area contributed by atoms with E-state index in [-0.39, 0.29) is 6.92 Å². The summed E-state index contributed by atoms with van der Waals surface area (Å²) in [5, 5.41) is 0.773. The molecule has 0 atom stereocenters. The van der Waals surface area contributed by atoms with Gasteiger partial charge in [0.15, 0.2) is 0 Å². The molecular weight excluding hydrogens is 218 g/mol. The van der Waals surface area contributed by atoms with Crippen molar-refractivity contribution >= 4 is 24.0 Å². The van der Waals surface area contributed by atoms with Gasteiger partial charge in [0.05, 0.1) is 6.61 Å². The van der Waals surface area contributed by atoms with Crippen LogP contribution in [0.4, 0.5) is 0 Å². The fourth-order valence-electron chi connectivity index (χ4n) is 2.34. The van der Waals surface area contributed by atoms with Crippen LogP contribution < -0.4 is 5.46 Å². The summed E-state index contributed by atoms with van der Waals surface area (Å²) in [4.78, 5) is 0.